The molecule has 2 aromatic rings. The second-order valence-corrected chi connectivity index (χ2v) is 6.06. The van der Waals surface area contributed by atoms with E-state index in [0.29, 0.717) is 15.6 Å². The number of halogens is 2. The van der Waals surface area contributed by atoms with Crippen LogP contribution in [-0.4, -0.2) is 5.11 Å². The smallest absolute Gasteiger partial charge is 0.0901 e. The van der Waals surface area contributed by atoms with Gasteiger partial charge in [-0.15, -0.1) is 0 Å². The number of benzene rings is 2. The Balaban J connectivity index is 2.55. The van der Waals surface area contributed by atoms with Gasteiger partial charge in [-0.05, 0) is 24.5 Å². The zero-order chi connectivity index (χ0) is 15.5. The number of aliphatic hydroxyl groups excluding tert-OH is 1. The highest BCUT2D eigenvalue weighted by Crippen LogP contribution is 2.45. The van der Waals surface area contributed by atoms with Crippen LogP contribution in [0.25, 0.3) is 0 Å². The fraction of sp³-hybridized carbons (Fsp3) is 0.333. The fourth-order valence-corrected chi connectivity index (χ4v) is 3.41. The molecule has 1 unspecified atom stereocenters. The molecule has 0 saturated heterocycles. The second kappa shape index (κ2) is 6.83. The van der Waals surface area contributed by atoms with Crippen LogP contribution < -0.4 is 0 Å². The molecular formula is C18H20Cl2O. The molecule has 0 amide bonds. The Labute approximate surface area is 136 Å². The summed E-state index contributed by atoms with van der Waals surface area (Å²) in [6.45, 7) is 4.19. The minimum Gasteiger partial charge on any atom is -0.387 e. The number of hydrogen-bond donors (Lipinski definition) is 1. The molecule has 2 aromatic carbocycles. The van der Waals surface area contributed by atoms with Gasteiger partial charge in [-0.3, -0.25) is 0 Å². The van der Waals surface area contributed by atoms with Gasteiger partial charge in [0.1, 0.15) is 0 Å². The molecule has 3 heteroatoms. The highest BCUT2D eigenvalue weighted by Gasteiger charge is 2.38. The summed E-state index contributed by atoms with van der Waals surface area (Å²) in [7, 11) is 0. The quantitative estimate of drug-likeness (QED) is 0.739. The highest BCUT2D eigenvalue weighted by molar-refractivity contribution is 6.42. The van der Waals surface area contributed by atoms with E-state index in [1.807, 2.05) is 30.3 Å². The van der Waals surface area contributed by atoms with Crippen molar-refractivity contribution < 1.29 is 5.11 Å². The monoisotopic (exact) mass is 322 g/mol. The van der Waals surface area contributed by atoms with Gasteiger partial charge in [-0.2, -0.15) is 0 Å². The Bertz CT molecular complexity index is 591. The summed E-state index contributed by atoms with van der Waals surface area (Å²) in [6.07, 6.45) is 0.941. The van der Waals surface area contributed by atoms with Crippen molar-refractivity contribution in [3.8, 4) is 0 Å². The van der Waals surface area contributed by atoms with Crippen molar-refractivity contribution in [2.75, 3.05) is 0 Å². The molecule has 0 bridgehead atoms. The molecule has 2 rings (SSSR count). The van der Waals surface area contributed by atoms with Crippen LogP contribution in [0.2, 0.25) is 10.0 Å². The standard InChI is InChI=1S/C18H20Cl2O/c1-3-18(4-2,13-9-6-5-7-10-13)17(21)14-11-8-12-15(19)16(14)20/h5-12,17,21H,3-4H2,1-2H3. The Morgan fingerprint density at radius 3 is 2.14 bits per heavy atom. The number of rotatable bonds is 5. The third-order valence-electron chi connectivity index (χ3n) is 4.41. The van der Waals surface area contributed by atoms with Crippen molar-refractivity contribution in [3.05, 3.63) is 69.7 Å². The molecule has 0 aliphatic carbocycles. The largest absolute Gasteiger partial charge is 0.387 e. The Kier molecular flexibility index (Phi) is 5.32. The second-order valence-electron chi connectivity index (χ2n) is 5.27. The molecule has 0 fully saturated rings. The first-order valence-corrected chi connectivity index (χ1v) is 8.00. The van der Waals surface area contributed by atoms with E-state index in [1.54, 1.807) is 6.07 Å². The van der Waals surface area contributed by atoms with Gasteiger partial charge in [0, 0.05) is 11.0 Å². The van der Waals surface area contributed by atoms with Gasteiger partial charge in [0.15, 0.2) is 0 Å². The molecule has 1 nitrogen and oxygen atoms in total. The topological polar surface area (TPSA) is 20.2 Å². The third kappa shape index (κ3) is 2.96. The molecule has 1 N–H and O–H groups in total. The maximum absolute atomic E-state index is 11.0. The molecule has 0 aliphatic rings. The zero-order valence-corrected chi connectivity index (χ0v) is 13.8. The Morgan fingerprint density at radius 2 is 1.57 bits per heavy atom. The van der Waals surface area contributed by atoms with Gasteiger partial charge in [0.05, 0.1) is 16.1 Å². The van der Waals surface area contributed by atoms with E-state index in [4.69, 9.17) is 23.2 Å². The first kappa shape index (κ1) is 16.4. The van der Waals surface area contributed by atoms with Crippen LogP contribution in [0.1, 0.15) is 43.9 Å². The minimum atomic E-state index is -0.693. The zero-order valence-electron chi connectivity index (χ0n) is 12.3. The van der Waals surface area contributed by atoms with E-state index in [-0.39, 0.29) is 5.41 Å². The Hall–Kier alpha value is -1.02. The Morgan fingerprint density at radius 1 is 0.952 bits per heavy atom. The average molecular weight is 323 g/mol. The van der Waals surface area contributed by atoms with Crippen molar-refractivity contribution in [1.29, 1.82) is 0 Å². The number of hydrogen-bond acceptors (Lipinski definition) is 1. The molecule has 0 spiro atoms. The molecule has 112 valence electrons. The van der Waals surface area contributed by atoms with Crippen molar-refractivity contribution in [3.63, 3.8) is 0 Å². The maximum Gasteiger partial charge on any atom is 0.0901 e. The van der Waals surface area contributed by atoms with Crippen molar-refractivity contribution >= 4 is 23.2 Å². The molecule has 0 heterocycles. The summed E-state index contributed by atoms with van der Waals surface area (Å²) in [5.41, 5.74) is 1.45. The molecule has 1 atom stereocenters. The van der Waals surface area contributed by atoms with E-state index >= 15 is 0 Å². The van der Waals surface area contributed by atoms with E-state index in [9.17, 15) is 5.11 Å². The maximum atomic E-state index is 11.0. The van der Waals surface area contributed by atoms with Crippen molar-refractivity contribution in [1.82, 2.24) is 0 Å². The lowest BCUT2D eigenvalue weighted by Crippen LogP contribution is -2.32. The fourth-order valence-electron chi connectivity index (χ4n) is 3.00. The van der Waals surface area contributed by atoms with Gasteiger partial charge >= 0.3 is 0 Å². The van der Waals surface area contributed by atoms with Gasteiger partial charge in [-0.25, -0.2) is 0 Å². The van der Waals surface area contributed by atoms with Crippen molar-refractivity contribution in [2.45, 2.75) is 38.2 Å². The summed E-state index contributed by atoms with van der Waals surface area (Å²) in [4.78, 5) is 0. The molecule has 0 radical (unpaired) electrons. The first-order valence-electron chi connectivity index (χ1n) is 7.24. The molecule has 0 saturated carbocycles. The van der Waals surface area contributed by atoms with Gasteiger partial charge in [0.2, 0.25) is 0 Å². The van der Waals surface area contributed by atoms with Crippen LogP contribution in [0.15, 0.2) is 48.5 Å². The van der Waals surface area contributed by atoms with Crippen LogP contribution in [-0.2, 0) is 5.41 Å². The highest BCUT2D eigenvalue weighted by atomic mass is 35.5. The van der Waals surface area contributed by atoms with Gasteiger partial charge < -0.3 is 5.11 Å². The van der Waals surface area contributed by atoms with Crippen LogP contribution >= 0.6 is 23.2 Å². The first-order chi connectivity index (χ1) is 10.1. The summed E-state index contributed by atoms with van der Waals surface area (Å²) >= 11 is 12.4. The molecule has 21 heavy (non-hydrogen) atoms. The summed E-state index contributed by atoms with van der Waals surface area (Å²) in [5, 5.41) is 12.0. The van der Waals surface area contributed by atoms with Crippen LogP contribution in [0.5, 0.6) is 0 Å². The van der Waals surface area contributed by atoms with Gasteiger partial charge in [-0.1, -0.05) is 79.5 Å². The molecular weight excluding hydrogens is 303 g/mol. The average Bonchev–Trinajstić information content (AvgIpc) is 2.53. The normalized spacial score (nSPS) is 13.2. The summed E-state index contributed by atoms with van der Waals surface area (Å²) in [5.74, 6) is 0. The SMILES string of the molecule is CCC(CC)(c1ccccc1)C(O)c1cccc(Cl)c1Cl. The predicted octanol–water partition coefficient (Wildman–Crippen LogP) is 5.78. The lowest BCUT2D eigenvalue weighted by Gasteiger charge is -2.38. The van der Waals surface area contributed by atoms with Gasteiger partial charge in [0.25, 0.3) is 0 Å². The minimum absolute atomic E-state index is 0.365. The molecule has 0 aromatic heterocycles. The third-order valence-corrected chi connectivity index (χ3v) is 5.24. The summed E-state index contributed by atoms with van der Waals surface area (Å²) in [6, 6.07) is 15.5. The van der Waals surface area contributed by atoms with E-state index in [0.717, 1.165) is 18.4 Å². The lowest BCUT2D eigenvalue weighted by molar-refractivity contribution is 0.0728. The van der Waals surface area contributed by atoms with Crippen LogP contribution in [0.4, 0.5) is 0 Å². The molecule has 0 aliphatic heterocycles. The number of aliphatic hydroxyl groups is 1. The van der Waals surface area contributed by atoms with Crippen molar-refractivity contribution in [2.24, 2.45) is 0 Å². The van der Waals surface area contributed by atoms with Crippen LogP contribution in [0.3, 0.4) is 0 Å². The predicted molar refractivity (Wildman–Crippen MR) is 90.1 cm³/mol. The van der Waals surface area contributed by atoms with Crippen LogP contribution in [0, 0.1) is 0 Å². The van der Waals surface area contributed by atoms with E-state index in [2.05, 4.69) is 26.0 Å². The van der Waals surface area contributed by atoms with E-state index in [1.165, 1.54) is 0 Å². The summed E-state index contributed by atoms with van der Waals surface area (Å²) < 4.78 is 0. The lowest BCUT2D eigenvalue weighted by atomic mass is 9.69. The van der Waals surface area contributed by atoms with E-state index < -0.39 is 6.10 Å².